The first-order valence-corrected chi connectivity index (χ1v) is 10.2. The zero-order chi connectivity index (χ0) is 18.8. The number of benzene rings is 1. The minimum atomic E-state index is 0.0258. The summed E-state index contributed by atoms with van der Waals surface area (Å²) in [5.41, 5.74) is 2.80. The summed E-state index contributed by atoms with van der Waals surface area (Å²) < 4.78 is 10.7. The van der Waals surface area contributed by atoms with Gasteiger partial charge in [-0.3, -0.25) is 4.79 Å². The molecule has 1 N–H and O–H groups in total. The van der Waals surface area contributed by atoms with Crippen LogP contribution < -0.4 is 14.8 Å². The molecule has 142 valence electrons. The van der Waals surface area contributed by atoms with Crippen LogP contribution in [-0.4, -0.2) is 61.9 Å². The van der Waals surface area contributed by atoms with Crippen LogP contribution in [0, 0.1) is 0 Å². The predicted molar refractivity (Wildman–Crippen MR) is 108 cm³/mol. The van der Waals surface area contributed by atoms with Crippen molar-refractivity contribution in [3.05, 3.63) is 53.6 Å². The second-order valence-electron chi connectivity index (χ2n) is 6.60. The lowest BCUT2D eigenvalue weighted by atomic mass is 10.0. The van der Waals surface area contributed by atoms with Crippen molar-refractivity contribution < 1.29 is 14.3 Å². The van der Waals surface area contributed by atoms with E-state index in [0.717, 1.165) is 31.7 Å². The molecular weight excluding hydrogens is 361 g/mol. The Balaban J connectivity index is 1.58. The fourth-order valence-corrected chi connectivity index (χ4v) is 4.84. The van der Waals surface area contributed by atoms with E-state index in [1.165, 1.54) is 5.70 Å². The predicted octanol–water partition coefficient (Wildman–Crippen LogP) is 2.21. The van der Waals surface area contributed by atoms with Crippen LogP contribution >= 0.6 is 8.58 Å². The highest BCUT2D eigenvalue weighted by molar-refractivity contribution is 7.43. The fraction of sp³-hybridized carbons (Fsp3) is 0.350. The van der Waals surface area contributed by atoms with Crippen LogP contribution in [0.5, 0.6) is 11.5 Å². The Kier molecular flexibility index (Phi) is 5.19. The van der Waals surface area contributed by atoms with E-state index < -0.39 is 0 Å². The second kappa shape index (κ2) is 7.75. The monoisotopic (exact) mass is 385 g/mol. The summed E-state index contributed by atoms with van der Waals surface area (Å²) in [5.74, 6) is 3.49. The van der Waals surface area contributed by atoms with E-state index >= 15 is 0 Å². The number of amides is 1. The van der Waals surface area contributed by atoms with E-state index in [2.05, 4.69) is 28.2 Å². The molecule has 1 amide bonds. The molecule has 4 rings (SSSR count). The quantitative estimate of drug-likeness (QED) is 0.806. The molecule has 1 saturated heterocycles. The highest BCUT2D eigenvalue weighted by Crippen LogP contribution is 2.41. The van der Waals surface area contributed by atoms with Gasteiger partial charge < -0.3 is 24.6 Å². The molecule has 1 aromatic rings. The molecule has 3 heterocycles. The van der Waals surface area contributed by atoms with Gasteiger partial charge in [-0.25, -0.2) is 0 Å². The Morgan fingerprint density at radius 3 is 2.67 bits per heavy atom. The van der Waals surface area contributed by atoms with Gasteiger partial charge in [-0.15, -0.1) is 0 Å². The molecule has 0 spiro atoms. The average Bonchev–Trinajstić information content (AvgIpc) is 2.74. The maximum absolute atomic E-state index is 13.1. The Bertz CT molecular complexity index is 828. The Morgan fingerprint density at radius 1 is 1.15 bits per heavy atom. The molecule has 2 unspecified atom stereocenters. The van der Waals surface area contributed by atoms with Crippen molar-refractivity contribution in [3.63, 3.8) is 0 Å². The SMILES string of the molecule is COc1ccc(C2=CPC3C=C(N4CCNCC4)C=CN3C2=O)cc1OC. The fourth-order valence-electron chi connectivity index (χ4n) is 3.58. The molecule has 0 radical (unpaired) electrons. The van der Waals surface area contributed by atoms with Crippen LogP contribution in [0.25, 0.3) is 5.57 Å². The maximum atomic E-state index is 13.1. The molecule has 6 nitrogen and oxygen atoms in total. The lowest BCUT2D eigenvalue weighted by Gasteiger charge is -2.37. The van der Waals surface area contributed by atoms with Gasteiger partial charge in [-0.2, -0.15) is 0 Å². The highest BCUT2D eigenvalue weighted by atomic mass is 31.1. The minimum Gasteiger partial charge on any atom is -0.493 e. The van der Waals surface area contributed by atoms with Gasteiger partial charge in [0.2, 0.25) is 0 Å². The number of carbonyl (C=O) groups is 1. The van der Waals surface area contributed by atoms with Crippen molar-refractivity contribution in [1.82, 2.24) is 15.1 Å². The third-order valence-electron chi connectivity index (χ3n) is 5.07. The first-order valence-electron chi connectivity index (χ1n) is 9.08. The number of hydrogen-bond donors (Lipinski definition) is 1. The van der Waals surface area contributed by atoms with E-state index in [1.807, 2.05) is 29.3 Å². The summed E-state index contributed by atoms with van der Waals surface area (Å²) in [6, 6.07) is 5.61. The summed E-state index contributed by atoms with van der Waals surface area (Å²) in [5, 5.41) is 3.37. The summed E-state index contributed by atoms with van der Waals surface area (Å²) in [6.07, 6.45) is 6.22. The Hall–Kier alpha value is -2.30. The van der Waals surface area contributed by atoms with Crippen molar-refractivity contribution in [2.24, 2.45) is 0 Å². The molecular formula is C20H24N3O3P. The molecule has 3 aliphatic rings. The van der Waals surface area contributed by atoms with Crippen molar-refractivity contribution in [1.29, 1.82) is 0 Å². The number of methoxy groups -OCH3 is 2. The third-order valence-corrected chi connectivity index (χ3v) is 6.32. The number of piperazine rings is 1. The molecule has 0 bridgehead atoms. The van der Waals surface area contributed by atoms with Gasteiger partial charge in [0.15, 0.2) is 11.5 Å². The molecule has 1 fully saturated rings. The van der Waals surface area contributed by atoms with E-state index in [9.17, 15) is 4.79 Å². The lowest BCUT2D eigenvalue weighted by molar-refractivity contribution is -0.122. The van der Waals surface area contributed by atoms with Crippen molar-refractivity contribution in [2.45, 2.75) is 5.78 Å². The zero-order valence-corrected chi connectivity index (χ0v) is 16.6. The molecule has 0 aromatic heterocycles. The van der Waals surface area contributed by atoms with Gasteiger partial charge in [0.25, 0.3) is 5.91 Å². The highest BCUT2D eigenvalue weighted by Gasteiger charge is 2.31. The van der Waals surface area contributed by atoms with E-state index in [-0.39, 0.29) is 11.7 Å². The van der Waals surface area contributed by atoms with Crippen molar-refractivity contribution in [2.75, 3.05) is 40.4 Å². The van der Waals surface area contributed by atoms with Crippen LogP contribution in [0.2, 0.25) is 0 Å². The minimum absolute atomic E-state index is 0.0258. The van der Waals surface area contributed by atoms with Crippen LogP contribution in [0.15, 0.2) is 48.1 Å². The molecule has 0 aliphatic carbocycles. The van der Waals surface area contributed by atoms with Crippen LogP contribution in [0.4, 0.5) is 0 Å². The smallest absolute Gasteiger partial charge is 0.259 e. The van der Waals surface area contributed by atoms with Gasteiger partial charge in [0.1, 0.15) is 0 Å². The van der Waals surface area contributed by atoms with Crippen LogP contribution in [0.1, 0.15) is 5.56 Å². The molecule has 2 atom stereocenters. The summed E-state index contributed by atoms with van der Waals surface area (Å²) >= 11 is 0. The van der Waals surface area contributed by atoms with E-state index in [4.69, 9.17) is 9.47 Å². The van der Waals surface area contributed by atoms with Gasteiger partial charge in [-0.05, 0) is 35.7 Å². The maximum Gasteiger partial charge on any atom is 0.259 e. The van der Waals surface area contributed by atoms with E-state index in [1.54, 1.807) is 14.2 Å². The van der Waals surface area contributed by atoms with Gasteiger partial charge in [-0.1, -0.05) is 14.6 Å². The Labute approximate surface area is 161 Å². The van der Waals surface area contributed by atoms with Gasteiger partial charge >= 0.3 is 0 Å². The van der Waals surface area contributed by atoms with Crippen molar-refractivity contribution >= 4 is 20.1 Å². The summed E-state index contributed by atoms with van der Waals surface area (Å²) in [4.78, 5) is 17.3. The number of allylic oxidation sites excluding steroid dienone is 1. The first kappa shape index (κ1) is 18.1. The van der Waals surface area contributed by atoms with Crippen molar-refractivity contribution in [3.8, 4) is 11.5 Å². The lowest BCUT2D eigenvalue weighted by Crippen LogP contribution is -2.44. The zero-order valence-electron chi connectivity index (χ0n) is 15.6. The number of nitrogens with one attached hydrogen (secondary N) is 1. The normalized spacial score (nSPS) is 23.0. The average molecular weight is 385 g/mol. The molecule has 27 heavy (non-hydrogen) atoms. The Morgan fingerprint density at radius 2 is 1.93 bits per heavy atom. The van der Waals surface area contributed by atoms with Crippen LogP contribution in [0.3, 0.4) is 0 Å². The molecule has 7 heteroatoms. The van der Waals surface area contributed by atoms with Crippen LogP contribution in [-0.2, 0) is 4.79 Å². The number of ether oxygens (including phenoxy) is 2. The van der Waals surface area contributed by atoms with E-state index in [0.29, 0.717) is 25.7 Å². The number of hydrogen-bond acceptors (Lipinski definition) is 5. The van der Waals surface area contributed by atoms with Gasteiger partial charge in [0, 0.05) is 43.6 Å². The second-order valence-corrected chi connectivity index (χ2v) is 7.81. The molecule has 1 aromatic carbocycles. The largest absolute Gasteiger partial charge is 0.493 e. The topological polar surface area (TPSA) is 54.0 Å². The number of carbonyl (C=O) groups excluding carboxylic acids is 1. The van der Waals surface area contributed by atoms with Gasteiger partial charge in [0.05, 0.1) is 20.0 Å². The molecule has 0 saturated carbocycles. The standard InChI is InChI=1S/C20H24N3O3P/c1-25-17-4-3-14(11-18(17)26-2)16-13-27-19-12-15(5-8-23(19)20(16)24)22-9-6-21-7-10-22/h3-5,8,11-13,19,21,27H,6-7,9-10H2,1-2H3. The number of fused-ring (bicyclic) bond motifs is 1. The summed E-state index contributed by atoms with van der Waals surface area (Å²) in [6.45, 7) is 4.02. The first-order chi connectivity index (χ1) is 13.2. The third kappa shape index (κ3) is 3.47. The molecule has 3 aliphatic heterocycles. The summed E-state index contributed by atoms with van der Waals surface area (Å²) in [7, 11) is 3.73. The number of nitrogens with zero attached hydrogens (tertiary/aromatic N) is 2. The number of rotatable bonds is 4.